The number of nitrogens with zero attached hydrogens (tertiary/aromatic N) is 2. The van der Waals surface area contributed by atoms with Crippen LogP contribution < -0.4 is 4.80 Å². The first-order valence-corrected chi connectivity index (χ1v) is 10.7. The quantitative estimate of drug-likeness (QED) is 0.424. The first-order chi connectivity index (χ1) is 13.0. The van der Waals surface area contributed by atoms with Gasteiger partial charge in [0.25, 0.3) is 0 Å². The molecule has 3 aromatic rings. The lowest BCUT2D eigenvalue weighted by Crippen LogP contribution is -2.16. The van der Waals surface area contributed by atoms with E-state index in [0.29, 0.717) is 28.5 Å². The van der Waals surface area contributed by atoms with Crippen LogP contribution in [0.3, 0.4) is 0 Å². The number of thiazole rings is 1. The largest absolute Gasteiger partial charge is 0.305 e. The Morgan fingerprint density at radius 2 is 1.96 bits per heavy atom. The van der Waals surface area contributed by atoms with E-state index in [0.717, 1.165) is 15.1 Å². The average Bonchev–Trinajstić information content (AvgIpc) is 2.94. The molecule has 0 aliphatic rings. The SMILES string of the molecule is C#CCn1c(=NC(=O)CCSc2ccc(Cl)cc2)sc2cc(C)c(C)cc21. The summed E-state index contributed by atoms with van der Waals surface area (Å²) in [5.41, 5.74) is 3.44. The summed E-state index contributed by atoms with van der Waals surface area (Å²) < 4.78 is 3.03. The highest BCUT2D eigenvalue weighted by molar-refractivity contribution is 7.99. The maximum atomic E-state index is 12.4. The van der Waals surface area contributed by atoms with Gasteiger partial charge in [0.1, 0.15) is 0 Å². The molecule has 0 bridgehead atoms. The number of aryl methyl sites for hydroxylation is 2. The van der Waals surface area contributed by atoms with E-state index in [4.69, 9.17) is 18.0 Å². The van der Waals surface area contributed by atoms with Crippen LogP contribution in [0.15, 0.2) is 46.3 Å². The molecule has 6 heteroatoms. The van der Waals surface area contributed by atoms with Gasteiger partial charge in [-0.1, -0.05) is 28.9 Å². The van der Waals surface area contributed by atoms with E-state index in [9.17, 15) is 4.79 Å². The Labute approximate surface area is 172 Å². The summed E-state index contributed by atoms with van der Waals surface area (Å²) >= 11 is 9.01. The second-order valence-electron chi connectivity index (χ2n) is 6.14. The molecule has 0 saturated carbocycles. The number of amides is 1. The maximum Gasteiger partial charge on any atom is 0.249 e. The number of carbonyl (C=O) groups is 1. The van der Waals surface area contributed by atoms with Crippen molar-refractivity contribution in [3.05, 3.63) is 57.3 Å². The van der Waals surface area contributed by atoms with Gasteiger partial charge in [0.2, 0.25) is 5.91 Å². The predicted molar refractivity (Wildman–Crippen MR) is 115 cm³/mol. The van der Waals surface area contributed by atoms with Gasteiger partial charge in [-0.15, -0.1) is 18.2 Å². The zero-order chi connectivity index (χ0) is 19.4. The first kappa shape index (κ1) is 19.8. The van der Waals surface area contributed by atoms with Crippen LogP contribution in [-0.4, -0.2) is 16.2 Å². The van der Waals surface area contributed by atoms with E-state index in [1.165, 1.54) is 22.5 Å². The number of aromatic nitrogens is 1. The average molecular weight is 415 g/mol. The van der Waals surface area contributed by atoms with Crippen molar-refractivity contribution >= 4 is 50.8 Å². The fourth-order valence-corrected chi connectivity index (χ4v) is 4.69. The van der Waals surface area contributed by atoms with Gasteiger partial charge in [0.05, 0.1) is 16.8 Å². The summed E-state index contributed by atoms with van der Waals surface area (Å²) in [6.07, 6.45) is 5.90. The normalized spacial score (nSPS) is 11.7. The third-order valence-electron chi connectivity index (χ3n) is 4.17. The molecule has 0 atom stereocenters. The molecule has 27 heavy (non-hydrogen) atoms. The van der Waals surface area contributed by atoms with Crippen LogP contribution in [0.1, 0.15) is 17.5 Å². The molecule has 0 aliphatic heterocycles. The molecule has 1 amide bonds. The first-order valence-electron chi connectivity index (χ1n) is 8.48. The molecule has 0 saturated heterocycles. The molecular formula is C21H19ClN2OS2. The Bertz CT molecular complexity index is 1090. The molecule has 1 heterocycles. The van der Waals surface area contributed by atoms with Crippen LogP contribution >= 0.6 is 34.7 Å². The van der Waals surface area contributed by atoms with E-state index in [1.54, 1.807) is 11.8 Å². The van der Waals surface area contributed by atoms with Gasteiger partial charge in [0.15, 0.2) is 4.80 Å². The molecule has 3 nitrogen and oxygen atoms in total. The number of rotatable bonds is 5. The smallest absolute Gasteiger partial charge is 0.249 e. The predicted octanol–water partition coefficient (Wildman–Crippen LogP) is 5.22. The van der Waals surface area contributed by atoms with Crippen LogP contribution in [0, 0.1) is 26.2 Å². The van der Waals surface area contributed by atoms with Gasteiger partial charge in [-0.2, -0.15) is 4.99 Å². The van der Waals surface area contributed by atoms with E-state index in [2.05, 4.69) is 36.9 Å². The number of carbonyl (C=O) groups excluding carboxylic acids is 1. The van der Waals surface area contributed by atoms with E-state index >= 15 is 0 Å². The van der Waals surface area contributed by atoms with Crippen molar-refractivity contribution in [3.8, 4) is 12.3 Å². The lowest BCUT2D eigenvalue weighted by Gasteiger charge is -2.03. The second-order valence-corrected chi connectivity index (χ2v) is 8.75. The molecule has 0 radical (unpaired) electrons. The molecule has 3 rings (SSSR count). The highest BCUT2D eigenvalue weighted by Gasteiger charge is 2.09. The van der Waals surface area contributed by atoms with Crippen molar-refractivity contribution in [1.29, 1.82) is 0 Å². The van der Waals surface area contributed by atoms with Crippen molar-refractivity contribution in [3.63, 3.8) is 0 Å². The summed E-state index contributed by atoms with van der Waals surface area (Å²) in [4.78, 5) is 18.4. The van der Waals surface area contributed by atoms with Gasteiger partial charge >= 0.3 is 0 Å². The summed E-state index contributed by atoms with van der Waals surface area (Å²) in [5.74, 6) is 3.19. The molecule has 0 fully saturated rings. The van der Waals surface area contributed by atoms with Crippen LogP contribution in [0.5, 0.6) is 0 Å². The molecule has 0 N–H and O–H groups in total. The molecule has 1 aromatic heterocycles. The zero-order valence-electron chi connectivity index (χ0n) is 15.2. The highest BCUT2D eigenvalue weighted by Crippen LogP contribution is 2.23. The van der Waals surface area contributed by atoms with Crippen LogP contribution in [0.2, 0.25) is 5.02 Å². The van der Waals surface area contributed by atoms with Gasteiger partial charge in [0, 0.05) is 22.1 Å². The molecular weight excluding hydrogens is 396 g/mol. The third-order valence-corrected chi connectivity index (χ3v) is 6.47. The monoisotopic (exact) mass is 414 g/mol. The van der Waals surface area contributed by atoms with Gasteiger partial charge in [-0.05, 0) is 61.4 Å². The molecule has 2 aromatic carbocycles. The Hall–Kier alpha value is -2.00. The number of halogens is 1. The summed E-state index contributed by atoms with van der Waals surface area (Å²) in [6, 6.07) is 11.8. The molecule has 138 valence electrons. The number of hydrogen-bond acceptors (Lipinski definition) is 3. The van der Waals surface area contributed by atoms with Crippen LogP contribution in [-0.2, 0) is 11.3 Å². The van der Waals surface area contributed by atoms with Gasteiger partial charge < -0.3 is 4.57 Å². The number of hydrogen-bond donors (Lipinski definition) is 0. The van der Waals surface area contributed by atoms with Crippen LogP contribution in [0.4, 0.5) is 0 Å². The summed E-state index contributed by atoms with van der Waals surface area (Å²) in [7, 11) is 0. The maximum absolute atomic E-state index is 12.4. The number of terminal acetylenes is 1. The lowest BCUT2D eigenvalue weighted by atomic mass is 10.1. The van der Waals surface area contributed by atoms with Crippen molar-refractivity contribution in [2.75, 3.05) is 5.75 Å². The second kappa shape index (κ2) is 8.79. The highest BCUT2D eigenvalue weighted by atomic mass is 35.5. The Kier molecular flexibility index (Phi) is 6.43. The number of benzene rings is 2. The van der Waals surface area contributed by atoms with Crippen molar-refractivity contribution in [1.82, 2.24) is 4.57 Å². The number of fused-ring (bicyclic) bond motifs is 1. The Balaban J connectivity index is 1.79. The third kappa shape index (κ3) is 4.84. The minimum absolute atomic E-state index is 0.137. The standard InChI is InChI=1S/C21H19ClN2OS2/c1-4-10-24-18-12-14(2)15(3)13-19(18)27-21(24)23-20(25)9-11-26-17-7-5-16(22)6-8-17/h1,5-8,12-13H,9-11H2,2-3H3. The van der Waals surface area contributed by atoms with Crippen molar-refractivity contribution in [2.24, 2.45) is 4.99 Å². The zero-order valence-corrected chi connectivity index (χ0v) is 17.5. The Morgan fingerprint density at radius 3 is 2.67 bits per heavy atom. The fraction of sp³-hybridized carbons (Fsp3) is 0.238. The molecule has 0 spiro atoms. The Morgan fingerprint density at radius 1 is 1.26 bits per heavy atom. The minimum atomic E-state index is -0.137. The minimum Gasteiger partial charge on any atom is -0.305 e. The van der Waals surface area contributed by atoms with Crippen molar-refractivity contribution < 1.29 is 4.79 Å². The van der Waals surface area contributed by atoms with E-state index in [1.807, 2.05) is 28.8 Å². The van der Waals surface area contributed by atoms with Gasteiger partial charge in [-0.3, -0.25) is 4.79 Å². The van der Waals surface area contributed by atoms with E-state index in [-0.39, 0.29) is 5.91 Å². The summed E-state index contributed by atoms with van der Waals surface area (Å²) in [6.45, 7) is 4.55. The molecule has 0 unspecified atom stereocenters. The van der Waals surface area contributed by atoms with Crippen molar-refractivity contribution in [2.45, 2.75) is 31.7 Å². The fourth-order valence-electron chi connectivity index (χ4n) is 2.60. The van der Waals surface area contributed by atoms with E-state index < -0.39 is 0 Å². The molecule has 0 aliphatic carbocycles. The topological polar surface area (TPSA) is 34.4 Å². The summed E-state index contributed by atoms with van der Waals surface area (Å²) in [5, 5.41) is 0.707. The number of thioether (sulfide) groups is 1. The lowest BCUT2D eigenvalue weighted by molar-refractivity contribution is -0.117. The van der Waals surface area contributed by atoms with Crippen LogP contribution in [0.25, 0.3) is 10.2 Å². The van der Waals surface area contributed by atoms with Gasteiger partial charge in [-0.25, -0.2) is 0 Å².